The third kappa shape index (κ3) is 5.85. The van der Waals surface area contributed by atoms with E-state index in [1.165, 1.54) is 28.5 Å². The number of benzene rings is 3. The largest absolute Gasteiger partial charge is 0.543 e. The normalized spacial score (nSPS) is 12.2. The van der Waals surface area contributed by atoms with Gasteiger partial charge in [0, 0.05) is 5.56 Å². The molecule has 0 atom stereocenters. The molecule has 0 saturated heterocycles. The van der Waals surface area contributed by atoms with Crippen LogP contribution in [0.2, 0.25) is 18.1 Å². The summed E-state index contributed by atoms with van der Waals surface area (Å²) in [6.07, 6.45) is 1.39. The van der Waals surface area contributed by atoms with Gasteiger partial charge in [-0.05, 0) is 96.2 Å². The molecule has 0 aliphatic carbocycles. The SMILES string of the molecule is Cc1cccc(C)c1-c1ccc(O[Si](C)(C)C(C)(C)C)c(COc2ccc(C=NO)cc2)c1. The molecule has 0 aliphatic rings. The van der Waals surface area contributed by atoms with E-state index in [9.17, 15) is 0 Å². The second-order valence-electron chi connectivity index (χ2n) is 10.1. The first-order valence-corrected chi connectivity index (χ1v) is 14.2. The average Bonchev–Trinajstić information content (AvgIpc) is 2.74. The molecule has 0 bridgehead atoms. The van der Waals surface area contributed by atoms with E-state index < -0.39 is 8.32 Å². The van der Waals surface area contributed by atoms with Gasteiger partial charge in [-0.2, -0.15) is 0 Å². The molecule has 3 rings (SSSR count). The van der Waals surface area contributed by atoms with Gasteiger partial charge >= 0.3 is 0 Å². The zero-order chi connectivity index (χ0) is 24.2. The Kier molecular flexibility index (Phi) is 7.33. The van der Waals surface area contributed by atoms with Crippen molar-refractivity contribution in [1.29, 1.82) is 0 Å². The Morgan fingerprint density at radius 2 is 1.58 bits per heavy atom. The quantitative estimate of drug-likeness (QED) is 0.169. The molecule has 174 valence electrons. The maximum absolute atomic E-state index is 8.71. The predicted octanol–water partition coefficient (Wildman–Crippen LogP) is 7.74. The topological polar surface area (TPSA) is 51.0 Å². The second-order valence-corrected chi connectivity index (χ2v) is 14.8. The second kappa shape index (κ2) is 9.83. The van der Waals surface area contributed by atoms with Crippen LogP contribution in [0.1, 0.15) is 43.0 Å². The summed E-state index contributed by atoms with van der Waals surface area (Å²) in [5.74, 6) is 1.64. The van der Waals surface area contributed by atoms with Crippen molar-refractivity contribution >= 4 is 14.5 Å². The van der Waals surface area contributed by atoms with Crippen LogP contribution < -0.4 is 9.16 Å². The fourth-order valence-corrected chi connectivity index (χ4v) is 4.58. The summed E-state index contributed by atoms with van der Waals surface area (Å²) in [5, 5.41) is 11.9. The fraction of sp³-hybridized carbons (Fsp3) is 0.321. The molecule has 0 amide bonds. The number of rotatable bonds is 7. The van der Waals surface area contributed by atoms with Crippen LogP contribution >= 0.6 is 0 Å². The maximum Gasteiger partial charge on any atom is 0.250 e. The lowest BCUT2D eigenvalue weighted by atomic mass is 9.94. The first-order valence-electron chi connectivity index (χ1n) is 11.3. The Morgan fingerprint density at radius 3 is 2.15 bits per heavy atom. The van der Waals surface area contributed by atoms with E-state index in [1.807, 2.05) is 24.3 Å². The number of aryl methyl sites for hydroxylation is 2. The van der Waals surface area contributed by atoms with E-state index in [0.29, 0.717) is 6.61 Å². The minimum atomic E-state index is -2.01. The smallest absolute Gasteiger partial charge is 0.250 e. The summed E-state index contributed by atoms with van der Waals surface area (Å²) < 4.78 is 12.8. The van der Waals surface area contributed by atoms with Crippen LogP contribution in [0.5, 0.6) is 11.5 Å². The summed E-state index contributed by atoms with van der Waals surface area (Å²) in [4.78, 5) is 0. The molecule has 3 aromatic carbocycles. The van der Waals surface area contributed by atoms with E-state index in [0.717, 1.165) is 22.6 Å². The molecule has 0 aromatic heterocycles. The summed E-state index contributed by atoms with van der Waals surface area (Å²) in [7, 11) is -2.01. The Balaban J connectivity index is 1.97. The zero-order valence-electron chi connectivity index (χ0n) is 20.8. The van der Waals surface area contributed by atoms with Gasteiger partial charge in [0.15, 0.2) is 0 Å². The summed E-state index contributed by atoms with van der Waals surface area (Å²) in [5.41, 5.74) is 6.76. The number of hydrogen-bond donors (Lipinski definition) is 1. The molecule has 33 heavy (non-hydrogen) atoms. The molecular weight excluding hydrogens is 426 g/mol. The van der Waals surface area contributed by atoms with Crippen LogP contribution in [-0.2, 0) is 6.61 Å². The molecule has 4 nitrogen and oxygen atoms in total. The molecule has 0 spiro atoms. The summed E-state index contributed by atoms with van der Waals surface area (Å²) in [6.45, 7) is 16.0. The van der Waals surface area contributed by atoms with Gasteiger partial charge in [0.05, 0.1) is 6.21 Å². The molecule has 0 aliphatic heterocycles. The number of oxime groups is 1. The van der Waals surface area contributed by atoms with Crippen LogP contribution in [-0.4, -0.2) is 19.7 Å². The van der Waals surface area contributed by atoms with Gasteiger partial charge in [-0.1, -0.05) is 50.2 Å². The summed E-state index contributed by atoms with van der Waals surface area (Å²) in [6, 6.07) is 20.3. The third-order valence-corrected chi connectivity index (χ3v) is 10.8. The molecule has 0 radical (unpaired) electrons. The maximum atomic E-state index is 8.71. The Hall–Kier alpha value is -3.05. The van der Waals surface area contributed by atoms with Crippen molar-refractivity contribution in [3.63, 3.8) is 0 Å². The van der Waals surface area contributed by atoms with E-state index in [2.05, 4.69) is 89.3 Å². The van der Waals surface area contributed by atoms with Crippen LogP contribution in [0.25, 0.3) is 11.1 Å². The minimum Gasteiger partial charge on any atom is -0.543 e. The zero-order valence-corrected chi connectivity index (χ0v) is 21.8. The fourth-order valence-electron chi connectivity index (χ4n) is 3.52. The molecule has 5 heteroatoms. The van der Waals surface area contributed by atoms with Crippen molar-refractivity contribution in [3.05, 3.63) is 82.9 Å². The van der Waals surface area contributed by atoms with Crippen molar-refractivity contribution < 1.29 is 14.4 Å². The van der Waals surface area contributed by atoms with E-state index in [-0.39, 0.29) is 5.04 Å². The van der Waals surface area contributed by atoms with E-state index >= 15 is 0 Å². The predicted molar refractivity (Wildman–Crippen MR) is 139 cm³/mol. The monoisotopic (exact) mass is 461 g/mol. The molecular formula is C28H35NO3Si. The van der Waals surface area contributed by atoms with E-state index in [1.54, 1.807) is 0 Å². The lowest BCUT2D eigenvalue weighted by Crippen LogP contribution is -2.44. The molecule has 3 aromatic rings. The van der Waals surface area contributed by atoms with Crippen molar-refractivity contribution in [2.75, 3.05) is 0 Å². The lowest BCUT2D eigenvalue weighted by Gasteiger charge is -2.37. The van der Waals surface area contributed by atoms with Crippen LogP contribution in [0.15, 0.2) is 65.8 Å². The Bertz CT molecular complexity index is 1110. The summed E-state index contributed by atoms with van der Waals surface area (Å²) >= 11 is 0. The highest BCUT2D eigenvalue weighted by molar-refractivity contribution is 6.74. The first kappa shape index (κ1) is 24.6. The van der Waals surface area contributed by atoms with Crippen molar-refractivity contribution in [1.82, 2.24) is 0 Å². The van der Waals surface area contributed by atoms with Gasteiger partial charge < -0.3 is 14.4 Å². The van der Waals surface area contributed by atoms with Crippen molar-refractivity contribution in [2.24, 2.45) is 5.16 Å². The standard InChI is InChI=1S/C28H35NO3Si/c1-20-9-8-10-21(2)27(20)23-13-16-26(32-33(6,7)28(3,4)5)24(17-23)19-31-25-14-11-22(12-15-25)18-29-30/h8-18,30H,19H2,1-7H3. The first-order chi connectivity index (χ1) is 15.5. The van der Waals surface area contributed by atoms with Crippen LogP contribution in [0.4, 0.5) is 0 Å². The Morgan fingerprint density at radius 1 is 0.939 bits per heavy atom. The number of hydrogen-bond acceptors (Lipinski definition) is 4. The highest BCUT2D eigenvalue weighted by Gasteiger charge is 2.39. The third-order valence-electron chi connectivity index (χ3n) is 6.48. The highest BCUT2D eigenvalue weighted by atomic mass is 28.4. The molecule has 0 saturated carbocycles. The molecule has 0 heterocycles. The number of nitrogens with zero attached hydrogens (tertiary/aromatic N) is 1. The average molecular weight is 462 g/mol. The van der Waals surface area contributed by atoms with Gasteiger partial charge in [-0.3, -0.25) is 0 Å². The van der Waals surface area contributed by atoms with Gasteiger partial charge in [-0.25, -0.2) is 0 Å². The van der Waals surface area contributed by atoms with Crippen molar-refractivity contribution in [2.45, 2.75) is 59.4 Å². The molecule has 0 fully saturated rings. The van der Waals surface area contributed by atoms with Crippen molar-refractivity contribution in [3.8, 4) is 22.6 Å². The highest BCUT2D eigenvalue weighted by Crippen LogP contribution is 2.39. The van der Waals surface area contributed by atoms with Crippen LogP contribution in [0.3, 0.4) is 0 Å². The van der Waals surface area contributed by atoms with Gasteiger partial charge in [-0.15, -0.1) is 0 Å². The lowest BCUT2D eigenvalue weighted by molar-refractivity contribution is 0.301. The number of ether oxygens (including phenoxy) is 1. The van der Waals surface area contributed by atoms with Gasteiger partial charge in [0.1, 0.15) is 18.1 Å². The Labute approximate surface area is 199 Å². The molecule has 0 unspecified atom stereocenters. The van der Waals surface area contributed by atoms with E-state index in [4.69, 9.17) is 14.4 Å². The van der Waals surface area contributed by atoms with Gasteiger partial charge in [0.25, 0.3) is 0 Å². The minimum absolute atomic E-state index is 0.0977. The van der Waals surface area contributed by atoms with Crippen LogP contribution in [0, 0.1) is 13.8 Å². The van der Waals surface area contributed by atoms with Gasteiger partial charge in [0.2, 0.25) is 8.32 Å². The molecule has 1 N–H and O–H groups in total.